The Morgan fingerprint density at radius 3 is 2.56 bits per heavy atom. The van der Waals surface area contributed by atoms with Crippen molar-refractivity contribution >= 4 is 53.1 Å². The first-order valence-corrected chi connectivity index (χ1v) is 14.8. The first kappa shape index (κ1) is 27.9. The van der Waals surface area contributed by atoms with Gasteiger partial charge in [0.25, 0.3) is 5.56 Å². The molecule has 0 bridgehead atoms. The molecule has 220 valence electrons. The molecule has 4 aromatic rings. The molecule has 6 rings (SSSR count). The molecule has 0 aromatic carbocycles. The minimum Gasteiger partial charge on any atom is -0.394 e. The lowest BCUT2D eigenvalue weighted by atomic mass is 10.1. The molecule has 0 saturated carbocycles. The fraction of sp³-hybridized carbons (Fsp3) is 0.500. The number of aromatic amines is 1. The van der Waals surface area contributed by atoms with E-state index in [0.717, 1.165) is 0 Å². The highest BCUT2D eigenvalue weighted by molar-refractivity contribution is 8.44. The highest BCUT2D eigenvalue weighted by atomic mass is 32.7. The van der Waals surface area contributed by atoms with Crippen molar-refractivity contribution in [2.75, 3.05) is 24.7 Å². The van der Waals surface area contributed by atoms with Crippen LogP contribution in [0.4, 0.5) is 11.8 Å². The Balaban J connectivity index is 1.16. The SMILES string of the molecule is Nc1nc2c(ncn2[C@@H]2O[C@H](CO)C[C@H]2O[P@](=O)(S)OC[C@H]2O[C@@H](n3cnc4c(N)ncnc43)C(O)C2O)c(=O)[nH]1. The number of hydrogen-bond acceptors (Lipinski definition) is 16. The number of ether oxygens (including phenoxy) is 2. The Hall–Kier alpha value is -3.20. The number of thiol groups is 1. The summed E-state index contributed by atoms with van der Waals surface area (Å²) in [5.74, 6) is -0.0287. The molecule has 6 heterocycles. The number of fused-ring (bicyclic) bond motifs is 2. The van der Waals surface area contributed by atoms with Crippen molar-refractivity contribution in [2.45, 2.75) is 49.4 Å². The molecule has 2 aliphatic rings. The lowest BCUT2D eigenvalue weighted by Crippen LogP contribution is -2.33. The van der Waals surface area contributed by atoms with Gasteiger partial charge >= 0.3 is 6.80 Å². The van der Waals surface area contributed by atoms with Crippen LogP contribution in [0, 0.1) is 0 Å². The van der Waals surface area contributed by atoms with Crippen LogP contribution in [0.1, 0.15) is 18.9 Å². The van der Waals surface area contributed by atoms with Crippen molar-refractivity contribution in [3.05, 3.63) is 29.3 Å². The van der Waals surface area contributed by atoms with Crippen LogP contribution in [-0.2, 0) is 23.1 Å². The fourth-order valence-electron chi connectivity index (χ4n) is 4.82. The second kappa shape index (κ2) is 10.6. The summed E-state index contributed by atoms with van der Waals surface area (Å²) < 4.78 is 38.7. The maximum Gasteiger partial charge on any atom is 0.386 e. The minimum absolute atomic E-state index is 0.0143. The number of nitrogens with one attached hydrogen (secondary N) is 1. The van der Waals surface area contributed by atoms with Gasteiger partial charge in [-0.1, -0.05) is 12.2 Å². The van der Waals surface area contributed by atoms with E-state index < -0.39 is 61.9 Å². The second-order valence-corrected chi connectivity index (χ2v) is 12.3. The lowest BCUT2D eigenvalue weighted by molar-refractivity contribution is -0.0550. The number of anilines is 2. The average Bonchev–Trinajstić information content (AvgIpc) is 3.69. The predicted octanol–water partition coefficient (Wildman–Crippen LogP) is -1.54. The third kappa shape index (κ3) is 5.07. The molecule has 0 aliphatic carbocycles. The lowest BCUT2D eigenvalue weighted by Gasteiger charge is -2.24. The molecule has 2 fully saturated rings. The smallest absolute Gasteiger partial charge is 0.386 e. The van der Waals surface area contributed by atoms with Crippen molar-refractivity contribution in [3.8, 4) is 0 Å². The second-order valence-electron chi connectivity index (χ2n) is 9.38. The number of nitrogen functional groups attached to an aromatic ring is 2. The van der Waals surface area contributed by atoms with Crippen LogP contribution in [0.25, 0.3) is 22.3 Å². The molecule has 0 amide bonds. The topological polar surface area (TPSA) is 274 Å². The number of hydrogen-bond donors (Lipinski definition) is 7. The Morgan fingerprint density at radius 2 is 1.80 bits per heavy atom. The normalized spacial score (nSPS) is 29.9. The van der Waals surface area contributed by atoms with Crippen LogP contribution in [0.5, 0.6) is 0 Å². The predicted molar refractivity (Wildman–Crippen MR) is 141 cm³/mol. The first-order valence-electron chi connectivity index (χ1n) is 12.1. The summed E-state index contributed by atoms with van der Waals surface area (Å²) in [5, 5.41) is 30.9. The van der Waals surface area contributed by atoms with E-state index in [1.165, 1.54) is 28.1 Å². The van der Waals surface area contributed by atoms with Crippen LogP contribution in [0.15, 0.2) is 23.8 Å². The highest BCUT2D eigenvalue weighted by Crippen LogP contribution is 2.57. The summed E-state index contributed by atoms with van der Waals surface area (Å²) in [6, 6.07) is 0. The van der Waals surface area contributed by atoms with Gasteiger partial charge in [-0.15, -0.1) is 0 Å². The summed E-state index contributed by atoms with van der Waals surface area (Å²) in [5.41, 5.74) is 11.5. The van der Waals surface area contributed by atoms with Gasteiger partial charge in [-0.05, 0) is 0 Å². The van der Waals surface area contributed by atoms with Crippen molar-refractivity contribution in [1.29, 1.82) is 0 Å². The summed E-state index contributed by atoms with van der Waals surface area (Å²) in [6.45, 7) is -5.03. The van der Waals surface area contributed by atoms with Crippen molar-refractivity contribution in [3.63, 3.8) is 0 Å². The molecule has 41 heavy (non-hydrogen) atoms. The maximum atomic E-state index is 13.3. The van der Waals surface area contributed by atoms with Crippen molar-refractivity contribution in [1.82, 2.24) is 39.0 Å². The molecule has 21 heteroatoms. The summed E-state index contributed by atoms with van der Waals surface area (Å²) >= 11 is 4.06. The number of nitrogens with two attached hydrogens (primary N) is 2. The monoisotopic (exact) mass is 612 g/mol. The molecular formula is C20H25N10O9PS. The molecule has 2 aliphatic heterocycles. The van der Waals surface area contributed by atoms with Gasteiger partial charge in [-0.25, -0.2) is 24.5 Å². The molecule has 2 saturated heterocycles. The molecule has 0 spiro atoms. The molecular weight excluding hydrogens is 587 g/mol. The van der Waals surface area contributed by atoms with Crippen molar-refractivity contribution in [2.24, 2.45) is 0 Å². The molecule has 2 unspecified atom stereocenters. The van der Waals surface area contributed by atoms with Crippen LogP contribution >= 0.6 is 19.0 Å². The zero-order valence-electron chi connectivity index (χ0n) is 20.9. The van der Waals surface area contributed by atoms with E-state index in [9.17, 15) is 24.7 Å². The largest absolute Gasteiger partial charge is 0.394 e. The Bertz CT molecular complexity index is 1700. The molecule has 4 aromatic heterocycles. The van der Waals surface area contributed by atoms with E-state index in [2.05, 4.69) is 42.2 Å². The van der Waals surface area contributed by atoms with Gasteiger partial charge in [0.15, 0.2) is 35.1 Å². The summed E-state index contributed by atoms with van der Waals surface area (Å²) in [4.78, 5) is 34.8. The van der Waals surface area contributed by atoms with E-state index in [0.29, 0.717) is 0 Å². The van der Waals surface area contributed by atoms with Crippen LogP contribution in [0.2, 0.25) is 0 Å². The van der Waals surface area contributed by atoms with E-state index in [1.54, 1.807) is 0 Å². The van der Waals surface area contributed by atoms with E-state index >= 15 is 0 Å². The number of H-pyrrole nitrogens is 1. The quantitative estimate of drug-likeness (QED) is 0.0877. The van der Waals surface area contributed by atoms with Gasteiger partial charge in [0.1, 0.15) is 36.3 Å². The number of imidazole rings is 2. The highest BCUT2D eigenvalue weighted by Gasteiger charge is 2.46. The molecule has 19 nitrogen and oxygen atoms in total. The maximum absolute atomic E-state index is 13.3. The van der Waals surface area contributed by atoms with Gasteiger partial charge in [0.05, 0.1) is 32.0 Å². The fourth-order valence-corrected chi connectivity index (χ4v) is 6.32. The van der Waals surface area contributed by atoms with E-state index in [1.807, 2.05) is 0 Å². The zero-order valence-corrected chi connectivity index (χ0v) is 22.7. The summed E-state index contributed by atoms with van der Waals surface area (Å²) in [7, 11) is 0. The zero-order chi connectivity index (χ0) is 29.1. The van der Waals surface area contributed by atoms with Crippen LogP contribution in [0.3, 0.4) is 0 Å². The number of aromatic nitrogens is 8. The summed E-state index contributed by atoms with van der Waals surface area (Å²) in [6.07, 6.45) is -3.96. The Labute approximate surface area is 234 Å². The van der Waals surface area contributed by atoms with Crippen LogP contribution in [-0.4, -0.2) is 98.1 Å². The number of aliphatic hydroxyl groups excluding tert-OH is 3. The Morgan fingerprint density at radius 1 is 1.07 bits per heavy atom. The third-order valence-corrected chi connectivity index (χ3v) is 8.38. The minimum atomic E-state index is -4.16. The van der Waals surface area contributed by atoms with E-state index in [4.69, 9.17) is 30.0 Å². The van der Waals surface area contributed by atoms with Gasteiger partial charge in [0.2, 0.25) is 5.95 Å². The number of rotatable bonds is 8. The molecule has 8 atom stereocenters. The Kier molecular flexibility index (Phi) is 7.20. The van der Waals surface area contributed by atoms with Gasteiger partial charge in [-0.3, -0.25) is 28.0 Å². The van der Waals surface area contributed by atoms with E-state index in [-0.39, 0.29) is 47.1 Å². The van der Waals surface area contributed by atoms with Crippen LogP contribution < -0.4 is 17.0 Å². The van der Waals surface area contributed by atoms with Gasteiger partial charge < -0.3 is 36.3 Å². The van der Waals surface area contributed by atoms with Gasteiger partial charge in [-0.2, -0.15) is 4.98 Å². The number of aliphatic hydroxyl groups is 3. The van der Waals surface area contributed by atoms with Gasteiger partial charge in [0, 0.05) is 6.42 Å². The number of nitrogens with zero attached hydrogens (tertiary/aromatic N) is 7. The first-order chi connectivity index (χ1) is 19.6. The average molecular weight is 613 g/mol. The third-order valence-electron chi connectivity index (χ3n) is 6.74. The van der Waals surface area contributed by atoms with Crippen molar-refractivity contribution < 1.29 is 38.4 Å². The molecule has 0 radical (unpaired) electrons. The molecule has 8 N–H and O–H groups in total. The standard InChI is InChI=1S/C20H25N10O9PS/c21-14-10-15(24-4-23-14)29(5-25-10)19-13(33)12(32)9(38-19)3-36-40(35,41)39-8-1-7(2-31)37-18(8)30-6-26-11-16(30)27-20(22)28-17(11)34/h4-9,12-13,18-19,31-33H,1-3H2,(H,35,41)(H2,21,23,24)(H3,22,27,28,34)/t7-,8+,9+,12?,13?,18+,19+,40+/m0/s1.